The molecule has 0 spiro atoms. The predicted molar refractivity (Wildman–Crippen MR) is 103 cm³/mol. The minimum Gasteiger partial charge on any atom is -0.483 e. The first-order chi connectivity index (χ1) is 10.4. The molecule has 0 bridgehead atoms. The first-order valence-corrected chi connectivity index (χ1v) is 8.19. The van der Waals surface area contributed by atoms with Crippen LogP contribution in [0.2, 0.25) is 0 Å². The van der Waals surface area contributed by atoms with Gasteiger partial charge in [0.1, 0.15) is 0 Å². The van der Waals surface area contributed by atoms with Gasteiger partial charge in [-0.05, 0) is 46.6 Å². The number of nitrogens with one attached hydrogen (secondary N) is 1. The Balaban J connectivity index is -0.0000000926. The standard InChI is InChI=1S/C10H22N2O.2C2H6.C2H4.CH2O2.CH4/c1-10(2,3)12(13)8-6-9-5-4-7-11-9;3*1-2;2-1-3;/h9,11,13H,4-8H2,1-3H3;2*1-2H3;1-2H2;1H,(H,2,3);1H4. The monoisotopic (exact) mass is 336 g/mol. The lowest BCUT2D eigenvalue weighted by atomic mass is 10.1. The number of carbonyl (C=O) groups is 1. The van der Waals surface area contributed by atoms with Gasteiger partial charge in [0.05, 0.1) is 0 Å². The van der Waals surface area contributed by atoms with E-state index >= 15 is 0 Å². The third kappa shape index (κ3) is 26.3. The predicted octanol–water partition coefficient (Wildman–Crippen LogP) is 4.81. The van der Waals surface area contributed by atoms with Crippen molar-refractivity contribution < 1.29 is 15.1 Å². The average Bonchev–Trinajstić information content (AvgIpc) is 3.04. The van der Waals surface area contributed by atoms with Gasteiger partial charge in [-0.15, -0.1) is 13.2 Å². The van der Waals surface area contributed by atoms with E-state index < -0.39 is 0 Å². The molecule has 1 aliphatic heterocycles. The van der Waals surface area contributed by atoms with Crippen LogP contribution in [0.3, 0.4) is 0 Å². The number of hydroxylamine groups is 2. The van der Waals surface area contributed by atoms with Crippen LogP contribution in [-0.2, 0) is 4.79 Å². The van der Waals surface area contributed by atoms with Crippen LogP contribution in [0.15, 0.2) is 13.2 Å². The number of rotatable bonds is 3. The second-order valence-corrected chi connectivity index (χ2v) is 4.98. The Labute approximate surface area is 145 Å². The number of hydrogen-bond donors (Lipinski definition) is 3. The quantitative estimate of drug-likeness (QED) is 0.392. The molecular weight excluding hydrogens is 292 g/mol. The van der Waals surface area contributed by atoms with Crippen molar-refractivity contribution in [1.82, 2.24) is 10.4 Å². The third-order valence-corrected chi connectivity index (χ3v) is 2.63. The largest absolute Gasteiger partial charge is 0.483 e. The van der Waals surface area contributed by atoms with E-state index in [4.69, 9.17) is 9.90 Å². The molecule has 1 aliphatic rings. The number of nitrogens with zero attached hydrogens (tertiary/aromatic N) is 1. The highest BCUT2D eigenvalue weighted by molar-refractivity contribution is 5.32. The Morgan fingerprint density at radius 1 is 1.22 bits per heavy atom. The second kappa shape index (κ2) is 26.0. The van der Waals surface area contributed by atoms with Crippen LogP contribution in [-0.4, -0.2) is 46.5 Å². The van der Waals surface area contributed by atoms with Crippen molar-refractivity contribution in [3.8, 4) is 0 Å². The van der Waals surface area contributed by atoms with Crippen LogP contribution in [0.25, 0.3) is 0 Å². The van der Waals surface area contributed by atoms with Gasteiger partial charge < -0.3 is 15.6 Å². The summed E-state index contributed by atoms with van der Waals surface area (Å²) in [5, 5.41) is 21.4. The van der Waals surface area contributed by atoms with E-state index in [9.17, 15) is 5.21 Å². The summed E-state index contributed by atoms with van der Waals surface area (Å²) < 4.78 is 0. The summed E-state index contributed by atoms with van der Waals surface area (Å²) in [5.74, 6) is 0. The molecule has 0 aromatic rings. The molecule has 0 aromatic carbocycles. The van der Waals surface area contributed by atoms with Gasteiger partial charge >= 0.3 is 0 Å². The van der Waals surface area contributed by atoms with E-state index in [2.05, 4.69) is 18.5 Å². The lowest BCUT2D eigenvalue weighted by molar-refractivity contribution is -0.156. The third-order valence-electron chi connectivity index (χ3n) is 2.63. The van der Waals surface area contributed by atoms with E-state index in [0.717, 1.165) is 19.5 Å². The Morgan fingerprint density at radius 3 is 1.87 bits per heavy atom. The summed E-state index contributed by atoms with van der Waals surface area (Å²) in [5.41, 5.74) is -0.126. The fraction of sp³-hybridized carbons (Fsp3) is 0.833. The molecule has 1 atom stereocenters. The fourth-order valence-corrected chi connectivity index (χ4v) is 1.62. The molecule has 0 amide bonds. The first kappa shape index (κ1) is 33.6. The summed E-state index contributed by atoms with van der Waals surface area (Å²) in [4.78, 5) is 8.36. The molecular formula is C18H44N2O3. The Hall–Kier alpha value is -0.910. The van der Waals surface area contributed by atoms with Gasteiger partial charge in [0.2, 0.25) is 0 Å². The molecule has 3 N–H and O–H groups in total. The molecule has 1 rings (SSSR count). The van der Waals surface area contributed by atoms with E-state index in [0.29, 0.717) is 6.04 Å². The molecule has 1 saturated heterocycles. The Bertz CT molecular complexity index is 201. The number of carboxylic acid groups (broad SMARTS) is 1. The van der Waals surface area contributed by atoms with Crippen molar-refractivity contribution in [1.29, 1.82) is 0 Å². The van der Waals surface area contributed by atoms with E-state index in [1.165, 1.54) is 17.9 Å². The summed E-state index contributed by atoms with van der Waals surface area (Å²) >= 11 is 0. The highest BCUT2D eigenvalue weighted by atomic mass is 16.5. The first-order valence-electron chi connectivity index (χ1n) is 8.19. The Kier molecular flexibility index (Phi) is 38.0. The summed E-state index contributed by atoms with van der Waals surface area (Å²) in [6.07, 6.45) is 3.59. The van der Waals surface area contributed by atoms with Crippen LogP contribution in [0.5, 0.6) is 0 Å². The summed E-state index contributed by atoms with van der Waals surface area (Å²) in [6.45, 7) is 21.7. The lowest BCUT2D eigenvalue weighted by Crippen LogP contribution is -2.41. The molecule has 1 unspecified atom stereocenters. The maximum atomic E-state index is 9.65. The van der Waals surface area contributed by atoms with E-state index in [1.54, 1.807) is 0 Å². The fourth-order valence-electron chi connectivity index (χ4n) is 1.62. The molecule has 1 heterocycles. The van der Waals surface area contributed by atoms with Gasteiger partial charge in [-0.2, -0.15) is 5.06 Å². The molecule has 1 fully saturated rings. The number of hydrogen-bond acceptors (Lipinski definition) is 4. The zero-order chi connectivity index (χ0) is 18.6. The second-order valence-electron chi connectivity index (χ2n) is 4.98. The molecule has 5 heteroatoms. The van der Waals surface area contributed by atoms with Gasteiger partial charge in [0.25, 0.3) is 6.47 Å². The smallest absolute Gasteiger partial charge is 0.290 e. The summed E-state index contributed by atoms with van der Waals surface area (Å²) in [7, 11) is 0. The highest BCUT2D eigenvalue weighted by Gasteiger charge is 2.21. The molecule has 0 radical (unpaired) electrons. The molecule has 0 aromatic heterocycles. The maximum Gasteiger partial charge on any atom is 0.290 e. The van der Waals surface area contributed by atoms with Gasteiger partial charge in [-0.25, -0.2) is 0 Å². The van der Waals surface area contributed by atoms with E-state index in [1.807, 2.05) is 48.5 Å². The molecule has 5 nitrogen and oxygen atoms in total. The van der Waals surface area contributed by atoms with Crippen molar-refractivity contribution in [2.24, 2.45) is 0 Å². The minimum absolute atomic E-state index is 0. The van der Waals surface area contributed by atoms with Crippen molar-refractivity contribution in [3.05, 3.63) is 13.2 Å². The molecule has 144 valence electrons. The van der Waals surface area contributed by atoms with E-state index in [-0.39, 0.29) is 19.4 Å². The van der Waals surface area contributed by atoms with Gasteiger partial charge in [-0.1, -0.05) is 35.1 Å². The minimum atomic E-state index is -0.250. The normalized spacial score (nSPS) is 14.9. The van der Waals surface area contributed by atoms with Crippen LogP contribution in [0, 0.1) is 0 Å². The van der Waals surface area contributed by atoms with Gasteiger partial charge in [-0.3, -0.25) is 4.79 Å². The van der Waals surface area contributed by atoms with Crippen molar-refractivity contribution in [2.45, 2.75) is 86.7 Å². The SMILES string of the molecule is C.C=C.CC.CC.CC(C)(C)N(O)CCC1CCCN1.O=CO. The zero-order valence-electron chi connectivity index (χ0n) is 15.9. The zero-order valence-corrected chi connectivity index (χ0v) is 15.9. The lowest BCUT2D eigenvalue weighted by Gasteiger charge is -2.30. The molecule has 23 heavy (non-hydrogen) atoms. The summed E-state index contributed by atoms with van der Waals surface area (Å²) in [6, 6.07) is 0.622. The van der Waals surface area contributed by atoms with Crippen LogP contribution in [0.1, 0.15) is 75.2 Å². The molecule has 0 saturated carbocycles. The highest BCUT2D eigenvalue weighted by Crippen LogP contribution is 2.14. The Morgan fingerprint density at radius 2 is 1.61 bits per heavy atom. The maximum absolute atomic E-state index is 9.65. The average molecular weight is 337 g/mol. The topological polar surface area (TPSA) is 72.8 Å². The van der Waals surface area contributed by atoms with Crippen LogP contribution >= 0.6 is 0 Å². The van der Waals surface area contributed by atoms with Gasteiger partial charge in [0, 0.05) is 18.1 Å². The van der Waals surface area contributed by atoms with Crippen LogP contribution < -0.4 is 5.32 Å². The molecule has 0 aliphatic carbocycles. The van der Waals surface area contributed by atoms with Crippen molar-refractivity contribution in [2.75, 3.05) is 13.1 Å². The van der Waals surface area contributed by atoms with Crippen molar-refractivity contribution in [3.63, 3.8) is 0 Å². The van der Waals surface area contributed by atoms with Crippen molar-refractivity contribution >= 4 is 6.47 Å². The van der Waals surface area contributed by atoms with Crippen LogP contribution in [0.4, 0.5) is 0 Å². The van der Waals surface area contributed by atoms with Gasteiger partial charge in [0.15, 0.2) is 0 Å².